The molecule has 0 bridgehead atoms. The van der Waals surface area contributed by atoms with Gasteiger partial charge in [-0.05, 0) is 41.4 Å². The summed E-state index contributed by atoms with van der Waals surface area (Å²) in [5.41, 5.74) is 7.13. The Kier molecular flexibility index (Phi) is 3.84. The zero-order valence-corrected chi connectivity index (χ0v) is 12.1. The highest BCUT2D eigenvalue weighted by Gasteiger charge is 2.17. The van der Waals surface area contributed by atoms with Gasteiger partial charge in [0.2, 0.25) is 0 Å². The van der Waals surface area contributed by atoms with Gasteiger partial charge in [-0.3, -0.25) is 0 Å². The quantitative estimate of drug-likeness (QED) is 0.874. The van der Waals surface area contributed by atoms with E-state index in [9.17, 15) is 4.79 Å². The molecule has 100 valence electrons. The molecule has 0 fully saturated rings. The van der Waals surface area contributed by atoms with Gasteiger partial charge in [0.05, 0.1) is 18.5 Å². The maximum Gasteiger partial charge on any atom is 0.361 e. The van der Waals surface area contributed by atoms with E-state index in [2.05, 4.69) is 26.0 Å². The highest BCUT2D eigenvalue weighted by molar-refractivity contribution is 9.10. The van der Waals surface area contributed by atoms with Crippen LogP contribution in [0, 0.1) is 6.92 Å². The summed E-state index contributed by atoms with van der Waals surface area (Å²) in [6, 6.07) is 1.84. The maximum absolute atomic E-state index is 11.6. The fraction of sp³-hybridized carbons (Fsp3) is 0.250. The van der Waals surface area contributed by atoms with Gasteiger partial charge in [-0.2, -0.15) is 5.10 Å². The number of aromatic nitrogens is 3. The molecule has 0 aliphatic rings. The number of halogens is 1. The number of carbonyl (C=O) groups excluding carboxylic acids is 1. The molecule has 0 spiro atoms. The minimum atomic E-state index is -0.535. The lowest BCUT2D eigenvalue weighted by Gasteiger charge is -2.02. The normalized spacial score (nSPS) is 10.5. The molecule has 19 heavy (non-hydrogen) atoms. The van der Waals surface area contributed by atoms with Crippen molar-refractivity contribution in [1.29, 1.82) is 0 Å². The molecule has 0 aliphatic heterocycles. The monoisotopic (exact) mass is 324 g/mol. The average Bonchev–Trinajstić information content (AvgIpc) is 2.75. The van der Waals surface area contributed by atoms with Crippen molar-refractivity contribution >= 4 is 27.6 Å². The van der Waals surface area contributed by atoms with E-state index in [0.717, 1.165) is 10.0 Å². The number of ether oxygens (including phenoxy) is 1. The minimum Gasteiger partial charge on any atom is -0.461 e. The summed E-state index contributed by atoms with van der Waals surface area (Å²) in [6.45, 7) is 3.94. The van der Waals surface area contributed by atoms with Gasteiger partial charge in [-0.15, -0.1) is 0 Å². The Morgan fingerprint density at radius 2 is 2.32 bits per heavy atom. The highest BCUT2D eigenvalue weighted by atomic mass is 79.9. The number of nitrogen functional groups attached to an aromatic ring is 1. The molecule has 7 heteroatoms. The Labute approximate surface area is 118 Å². The highest BCUT2D eigenvalue weighted by Crippen LogP contribution is 2.19. The van der Waals surface area contributed by atoms with Crippen LogP contribution in [0.4, 0.5) is 5.69 Å². The molecule has 0 amide bonds. The van der Waals surface area contributed by atoms with Crippen LogP contribution in [0.3, 0.4) is 0 Å². The van der Waals surface area contributed by atoms with E-state index >= 15 is 0 Å². The molecular weight excluding hydrogens is 312 g/mol. The second kappa shape index (κ2) is 5.40. The number of nitrogens with zero attached hydrogens (tertiary/aromatic N) is 3. The first-order valence-corrected chi connectivity index (χ1v) is 6.47. The number of hydrogen-bond acceptors (Lipinski definition) is 5. The first-order valence-electron chi connectivity index (χ1n) is 5.67. The number of rotatable bonds is 3. The van der Waals surface area contributed by atoms with Crippen LogP contribution in [0.1, 0.15) is 23.0 Å². The maximum atomic E-state index is 11.6. The van der Waals surface area contributed by atoms with Crippen molar-refractivity contribution in [3.8, 4) is 5.82 Å². The second-order valence-electron chi connectivity index (χ2n) is 3.89. The smallest absolute Gasteiger partial charge is 0.361 e. The molecule has 0 saturated heterocycles. The number of hydrogen-bond donors (Lipinski definition) is 1. The van der Waals surface area contributed by atoms with Gasteiger partial charge in [0.15, 0.2) is 11.5 Å². The molecule has 0 unspecified atom stereocenters. The first kappa shape index (κ1) is 13.5. The number of anilines is 1. The molecule has 0 saturated carbocycles. The first-order chi connectivity index (χ1) is 9.02. The van der Waals surface area contributed by atoms with E-state index in [1.807, 2.05) is 13.0 Å². The van der Waals surface area contributed by atoms with Crippen molar-refractivity contribution < 1.29 is 9.53 Å². The minimum absolute atomic E-state index is 0.101. The van der Waals surface area contributed by atoms with Crippen LogP contribution in [-0.2, 0) is 4.74 Å². The van der Waals surface area contributed by atoms with Crippen molar-refractivity contribution in [2.24, 2.45) is 0 Å². The Bertz CT molecular complexity index is 624. The summed E-state index contributed by atoms with van der Waals surface area (Å²) >= 11 is 3.37. The zero-order valence-electron chi connectivity index (χ0n) is 10.6. The Morgan fingerprint density at radius 3 is 2.95 bits per heavy atom. The molecular formula is C12H13BrN4O2. The van der Waals surface area contributed by atoms with Crippen LogP contribution in [0.25, 0.3) is 5.82 Å². The van der Waals surface area contributed by atoms with Crippen LogP contribution in [-0.4, -0.2) is 27.3 Å². The molecule has 2 rings (SSSR count). The molecule has 2 aromatic heterocycles. The number of carbonyl (C=O) groups is 1. The van der Waals surface area contributed by atoms with Crippen molar-refractivity contribution in [3.63, 3.8) is 0 Å². The van der Waals surface area contributed by atoms with E-state index in [0.29, 0.717) is 5.82 Å². The van der Waals surface area contributed by atoms with Crippen molar-refractivity contribution in [1.82, 2.24) is 14.8 Å². The third-order valence-corrected chi connectivity index (χ3v) is 3.31. The molecule has 2 aromatic rings. The summed E-state index contributed by atoms with van der Waals surface area (Å²) in [6.07, 6.45) is 3.22. The van der Waals surface area contributed by atoms with Crippen LogP contribution in [0.2, 0.25) is 0 Å². The zero-order chi connectivity index (χ0) is 14.0. The number of esters is 1. The Morgan fingerprint density at radius 1 is 1.58 bits per heavy atom. The van der Waals surface area contributed by atoms with E-state index in [1.165, 1.54) is 4.68 Å². The van der Waals surface area contributed by atoms with Gasteiger partial charge < -0.3 is 10.5 Å². The van der Waals surface area contributed by atoms with E-state index < -0.39 is 5.97 Å². The third kappa shape index (κ3) is 2.76. The summed E-state index contributed by atoms with van der Waals surface area (Å²) in [5, 5.41) is 4.11. The predicted molar refractivity (Wildman–Crippen MR) is 74.2 cm³/mol. The van der Waals surface area contributed by atoms with Gasteiger partial charge in [0.25, 0.3) is 0 Å². The molecule has 0 atom stereocenters. The van der Waals surface area contributed by atoms with Crippen LogP contribution >= 0.6 is 15.9 Å². The topological polar surface area (TPSA) is 83.0 Å². The van der Waals surface area contributed by atoms with Crippen LogP contribution in [0.5, 0.6) is 0 Å². The Hall–Kier alpha value is -1.89. The summed E-state index contributed by atoms with van der Waals surface area (Å²) in [7, 11) is 0. The summed E-state index contributed by atoms with van der Waals surface area (Å²) in [4.78, 5) is 15.8. The molecule has 0 aromatic carbocycles. The molecule has 6 nitrogen and oxygen atoms in total. The van der Waals surface area contributed by atoms with E-state index in [4.69, 9.17) is 10.5 Å². The molecule has 0 aliphatic carbocycles. The predicted octanol–water partition coefficient (Wildman–Crippen LogP) is 2.10. The fourth-order valence-corrected chi connectivity index (χ4v) is 1.73. The SMILES string of the molecule is CCOC(=O)c1nn(-c2cc(C)c(Br)cn2)cc1N. The average molecular weight is 325 g/mol. The van der Waals surface area contributed by atoms with E-state index in [1.54, 1.807) is 19.3 Å². The van der Waals surface area contributed by atoms with Gasteiger partial charge in [0, 0.05) is 10.7 Å². The lowest BCUT2D eigenvalue weighted by atomic mass is 10.3. The van der Waals surface area contributed by atoms with Crippen molar-refractivity contribution in [3.05, 3.63) is 34.2 Å². The van der Waals surface area contributed by atoms with Crippen LogP contribution in [0.15, 0.2) is 22.9 Å². The van der Waals surface area contributed by atoms with E-state index in [-0.39, 0.29) is 18.0 Å². The number of aryl methyl sites for hydroxylation is 1. The molecule has 2 heterocycles. The van der Waals surface area contributed by atoms with Gasteiger partial charge in [-0.1, -0.05) is 0 Å². The van der Waals surface area contributed by atoms with Crippen molar-refractivity contribution in [2.45, 2.75) is 13.8 Å². The van der Waals surface area contributed by atoms with Gasteiger partial charge >= 0.3 is 5.97 Å². The largest absolute Gasteiger partial charge is 0.461 e. The third-order valence-electron chi connectivity index (χ3n) is 2.48. The summed E-state index contributed by atoms with van der Waals surface area (Å²) in [5.74, 6) is 0.0514. The Balaban J connectivity index is 2.38. The van der Waals surface area contributed by atoms with Gasteiger partial charge in [-0.25, -0.2) is 14.5 Å². The van der Waals surface area contributed by atoms with Crippen molar-refractivity contribution in [2.75, 3.05) is 12.3 Å². The molecule has 2 N–H and O–H groups in total. The number of pyridine rings is 1. The lowest BCUT2D eigenvalue weighted by molar-refractivity contribution is 0.0520. The second-order valence-corrected chi connectivity index (χ2v) is 4.74. The lowest BCUT2D eigenvalue weighted by Crippen LogP contribution is -2.08. The standard InChI is InChI=1S/C12H13BrN4O2/c1-3-19-12(18)11-9(14)6-17(16-11)10-4-7(2)8(13)5-15-10/h4-6H,3,14H2,1-2H3. The fourth-order valence-electron chi connectivity index (χ4n) is 1.51. The van der Waals surface area contributed by atoms with Gasteiger partial charge in [0.1, 0.15) is 0 Å². The molecule has 0 radical (unpaired) electrons. The van der Waals surface area contributed by atoms with Crippen LogP contribution < -0.4 is 5.73 Å². The number of nitrogens with two attached hydrogens (primary N) is 1. The summed E-state index contributed by atoms with van der Waals surface area (Å²) < 4.78 is 7.24.